The molecule has 0 saturated carbocycles. The fourth-order valence-electron chi connectivity index (χ4n) is 22.6. The summed E-state index contributed by atoms with van der Waals surface area (Å²) in [7, 11) is 0. The molecule has 0 N–H and O–H groups in total. The highest BCUT2D eigenvalue weighted by molar-refractivity contribution is 7.26. The molecule has 24 aromatic rings. The molecule has 4 aliphatic rings. The minimum atomic E-state index is -0.438. The van der Waals surface area contributed by atoms with Gasteiger partial charge in [-0.1, -0.05) is 426 Å². The summed E-state index contributed by atoms with van der Waals surface area (Å²) in [6.45, 7) is 0. The molecule has 0 nitrogen and oxygen atoms in total. The van der Waals surface area contributed by atoms with Gasteiger partial charge in [0.05, 0.1) is 10.8 Å². The highest BCUT2D eigenvalue weighted by atomic mass is 32.1. The zero-order chi connectivity index (χ0) is 76.8. The average molecular weight is 1680 g/mol. The van der Waals surface area contributed by atoms with Gasteiger partial charge in [0.1, 0.15) is 0 Å². The minimum Gasteiger partial charge on any atom is -0.135 e. The van der Waals surface area contributed by atoms with Crippen molar-refractivity contribution >= 4 is 149 Å². The highest BCUT2D eigenvalue weighted by Gasteiger charge is 2.54. The lowest BCUT2D eigenvalue weighted by Crippen LogP contribution is -2.25. The molecule has 128 heavy (non-hydrogen) atoms. The molecule has 0 fully saturated rings. The summed E-state index contributed by atoms with van der Waals surface area (Å²) in [6, 6.07) is 152. The van der Waals surface area contributed by atoms with Crippen molar-refractivity contribution in [1.82, 2.24) is 0 Å². The van der Waals surface area contributed by atoms with Crippen LogP contribution in [0.1, 0.15) is 119 Å². The molecule has 2 spiro atoms. The molecule has 22 aromatic carbocycles. The largest absolute Gasteiger partial charge is 0.135 e. The molecule has 2 heteroatoms. The van der Waals surface area contributed by atoms with E-state index in [-0.39, 0.29) is 74.3 Å². The first-order valence-corrected chi connectivity index (χ1v) is 42.8. The number of rotatable bonds is 4. The monoisotopic (exact) mass is 1680 g/mol. The van der Waals surface area contributed by atoms with Crippen LogP contribution in [0.25, 0.3) is 216 Å². The lowest BCUT2D eigenvalue weighted by Gasteiger charge is -2.30. The molecule has 2 heterocycles. The number of thiophene rings is 2. The van der Waals surface area contributed by atoms with Crippen LogP contribution in [0.3, 0.4) is 0 Å². The standard InChI is InChI=1S/C59H34S.C57H32S.10CH4/c1-2-14-36-31-37(26-25-35(36)13-1)48-33-50-42-18-6-4-16-40(42)49(34-51(50)41-17-5-3-15-39(41)48)38-27-28-47-55(32-38)59(52-22-10-7-19-43(52)44-20-8-11-23-53(44)59)54-30-29-46-45-21-9-12-24-56(45)60-58(46)57(47)54;1-2-10-36-31-37(18-17-33(36)9-1)39-24-19-34-22-27-45-40(25-20-35-21-26-44(39)53(34)54(35)45)38-23-28-47-51(32-38)57(48-14-6-3-11-41(48)42-12-4-7-15-49(42)57)50-30-29-46-43-13-5-8-16-52(43)58-56(46)55(47)50;;;;;;;;;;/h1-34H;1-32H;10*1H4. The summed E-state index contributed by atoms with van der Waals surface area (Å²) < 4.78 is 5.45. The summed E-state index contributed by atoms with van der Waals surface area (Å²) in [5.41, 5.74) is 31.1. The Kier molecular flexibility index (Phi) is 21.4. The maximum Gasteiger partial charge on any atom is 0.0726 e. The van der Waals surface area contributed by atoms with Crippen LogP contribution in [0.5, 0.6) is 0 Å². The van der Waals surface area contributed by atoms with Gasteiger partial charge < -0.3 is 0 Å². The second-order valence-corrected chi connectivity index (χ2v) is 35.0. The Morgan fingerprint density at radius 3 is 0.844 bits per heavy atom. The Morgan fingerprint density at radius 1 is 0.148 bits per heavy atom. The average Bonchev–Trinajstić information content (AvgIpc) is 1.49. The van der Waals surface area contributed by atoms with Crippen LogP contribution in [0.4, 0.5) is 0 Å². The van der Waals surface area contributed by atoms with Gasteiger partial charge in [-0.25, -0.2) is 0 Å². The van der Waals surface area contributed by atoms with Crippen LogP contribution < -0.4 is 0 Å². The fourth-order valence-corrected chi connectivity index (χ4v) is 25.1. The number of benzene rings is 22. The van der Waals surface area contributed by atoms with E-state index < -0.39 is 10.8 Å². The Labute approximate surface area is 762 Å². The fraction of sp³-hybridized carbons (Fsp3) is 0.0952. The third-order valence-electron chi connectivity index (χ3n) is 27.5. The van der Waals surface area contributed by atoms with E-state index in [1.807, 2.05) is 22.7 Å². The van der Waals surface area contributed by atoms with E-state index in [0.29, 0.717) is 0 Å². The van der Waals surface area contributed by atoms with Crippen molar-refractivity contribution in [1.29, 1.82) is 0 Å². The van der Waals surface area contributed by atoms with Gasteiger partial charge in [0, 0.05) is 51.5 Å². The summed E-state index contributed by atoms with van der Waals surface area (Å²) in [6.07, 6.45) is 0. The lowest BCUT2D eigenvalue weighted by molar-refractivity contribution is 0.795. The predicted octanol–water partition coefficient (Wildman–Crippen LogP) is 38.5. The van der Waals surface area contributed by atoms with Gasteiger partial charge in [-0.2, -0.15) is 0 Å². The second-order valence-electron chi connectivity index (χ2n) is 32.9. The summed E-state index contributed by atoms with van der Waals surface area (Å²) >= 11 is 3.88. The Morgan fingerprint density at radius 2 is 0.438 bits per heavy atom. The summed E-state index contributed by atoms with van der Waals surface area (Å²) in [4.78, 5) is 0. The SMILES string of the molecule is C.C.C.C.C.C.C.C.C.C.c1ccc2c(c1)-c1ccccc1C21c2cc(-c3cc4c5ccccc5c(-c5ccc6ccccc6c5)cc4c4ccccc34)ccc2-c2c1ccc1c2sc2ccccc21.c1ccc2c(c1)-c1ccccc1C21c2cc(-c3ccc4ccc5c(-c6ccc7ccccc7c6)ccc6ccc3c4c65)ccc2-c2c1ccc1c2sc2ccccc21. The van der Waals surface area contributed by atoms with Gasteiger partial charge in [0.2, 0.25) is 0 Å². The molecule has 4 aliphatic carbocycles. The molecule has 0 radical (unpaired) electrons. The normalized spacial score (nSPS) is 12.5. The van der Waals surface area contributed by atoms with E-state index >= 15 is 0 Å². The Hall–Kier alpha value is -14.4. The van der Waals surface area contributed by atoms with Gasteiger partial charge in [0.25, 0.3) is 0 Å². The third-order valence-corrected chi connectivity index (χ3v) is 29.9. The van der Waals surface area contributed by atoms with Crippen molar-refractivity contribution in [2.24, 2.45) is 0 Å². The molecule has 0 unspecified atom stereocenters. The first-order chi connectivity index (χ1) is 58.5. The van der Waals surface area contributed by atoms with E-state index in [0.717, 1.165) is 0 Å². The third kappa shape index (κ3) is 11.4. The van der Waals surface area contributed by atoms with Gasteiger partial charge in [0.15, 0.2) is 0 Å². The molecule has 0 atom stereocenters. The van der Waals surface area contributed by atoms with Crippen molar-refractivity contribution < 1.29 is 0 Å². The zero-order valence-corrected chi connectivity index (χ0v) is 65.6. The van der Waals surface area contributed by atoms with Crippen molar-refractivity contribution in [3.8, 4) is 89.0 Å². The molecule has 0 saturated heterocycles. The quantitative estimate of drug-likeness (QED) is 0.154. The van der Waals surface area contributed by atoms with E-state index in [9.17, 15) is 0 Å². The van der Waals surface area contributed by atoms with Crippen LogP contribution >= 0.6 is 22.7 Å². The maximum absolute atomic E-state index is 2.56. The molecular formula is C126H106S2. The van der Waals surface area contributed by atoms with Crippen molar-refractivity contribution in [3.63, 3.8) is 0 Å². The molecule has 0 amide bonds. The van der Waals surface area contributed by atoms with Crippen LogP contribution in [0, 0.1) is 0 Å². The maximum atomic E-state index is 2.56. The molecule has 0 bridgehead atoms. The number of hydrogen-bond acceptors (Lipinski definition) is 2. The van der Waals surface area contributed by atoms with Crippen molar-refractivity contribution in [3.05, 3.63) is 445 Å². The smallest absolute Gasteiger partial charge is 0.0726 e. The van der Waals surface area contributed by atoms with Crippen LogP contribution in [0.2, 0.25) is 0 Å². The first kappa shape index (κ1) is 85.8. The Balaban J connectivity index is 0.000000167. The van der Waals surface area contributed by atoms with E-state index in [1.165, 1.54) is 260 Å². The summed E-state index contributed by atoms with van der Waals surface area (Å²) in [5.74, 6) is 0. The molecule has 28 rings (SSSR count). The Bertz CT molecular complexity index is 8500. The summed E-state index contributed by atoms with van der Waals surface area (Å²) in [5, 5.41) is 26.0. The van der Waals surface area contributed by atoms with Crippen LogP contribution in [0.15, 0.2) is 400 Å². The number of hydrogen-bond donors (Lipinski definition) is 0. The van der Waals surface area contributed by atoms with E-state index in [2.05, 4.69) is 400 Å². The first-order valence-electron chi connectivity index (χ1n) is 41.2. The van der Waals surface area contributed by atoms with Crippen molar-refractivity contribution in [2.45, 2.75) is 85.1 Å². The van der Waals surface area contributed by atoms with Gasteiger partial charge >= 0.3 is 0 Å². The molecular weight excluding hydrogens is 1580 g/mol. The highest BCUT2D eigenvalue weighted by Crippen LogP contribution is 2.68. The van der Waals surface area contributed by atoms with E-state index in [1.54, 1.807) is 0 Å². The molecule has 622 valence electrons. The van der Waals surface area contributed by atoms with Gasteiger partial charge in [-0.3, -0.25) is 0 Å². The van der Waals surface area contributed by atoms with Gasteiger partial charge in [-0.15, -0.1) is 22.7 Å². The van der Waals surface area contributed by atoms with E-state index in [4.69, 9.17) is 0 Å². The minimum absolute atomic E-state index is 0. The lowest BCUT2D eigenvalue weighted by atomic mass is 9.70. The molecule has 2 aromatic heterocycles. The number of fused-ring (bicyclic) bond motifs is 35. The molecule has 0 aliphatic heterocycles. The predicted molar refractivity (Wildman–Crippen MR) is 572 cm³/mol. The zero-order valence-electron chi connectivity index (χ0n) is 63.9. The topological polar surface area (TPSA) is 0 Å². The van der Waals surface area contributed by atoms with Gasteiger partial charge in [-0.05, 0) is 257 Å². The second kappa shape index (κ2) is 31.9. The van der Waals surface area contributed by atoms with Crippen molar-refractivity contribution in [2.75, 3.05) is 0 Å². The van der Waals surface area contributed by atoms with Crippen LogP contribution in [-0.4, -0.2) is 0 Å². The van der Waals surface area contributed by atoms with Crippen LogP contribution in [-0.2, 0) is 10.8 Å².